The number of hydrogen-bond donors (Lipinski definition) is 1. The Labute approximate surface area is 122 Å². The summed E-state index contributed by atoms with van der Waals surface area (Å²) in [4.78, 5) is 33.0. The van der Waals surface area contributed by atoms with E-state index in [0.29, 0.717) is 0 Å². The first kappa shape index (κ1) is 17.4. The second-order valence-electron chi connectivity index (χ2n) is 4.88. The van der Waals surface area contributed by atoms with E-state index in [1.54, 1.807) is 6.92 Å². The van der Waals surface area contributed by atoms with E-state index in [9.17, 15) is 19.5 Å². The molecular formula is C13H20O8. The quantitative estimate of drug-likeness (QED) is 0.560. The number of rotatable bonds is 4. The van der Waals surface area contributed by atoms with Crippen molar-refractivity contribution in [2.24, 2.45) is 5.92 Å². The van der Waals surface area contributed by atoms with Gasteiger partial charge < -0.3 is 24.1 Å². The molecule has 1 fully saturated rings. The molecule has 1 rings (SSSR count). The predicted molar refractivity (Wildman–Crippen MR) is 67.8 cm³/mol. The van der Waals surface area contributed by atoms with Gasteiger partial charge in [-0.1, -0.05) is 6.92 Å². The van der Waals surface area contributed by atoms with Crippen LogP contribution in [0.5, 0.6) is 0 Å². The van der Waals surface area contributed by atoms with Crippen LogP contribution in [0.2, 0.25) is 0 Å². The highest BCUT2D eigenvalue weighted by Gasteiger charge is 2.46. The molecule has 0 aliphatic carbocycles. The van der Waals surface area contributed by atoms with Gasteiger partial charge in [0, 0.05) is 26.7 Å². The van der Waals surface area contributed by atoms with Gasteiger partial charge in [-0.25, -0.2) is 0 Å². The molecule has 0 radical (unpaired) electrons. The van der Waals surface area contributed by atoms with Crippen molar-refractivity contribution in [2.75, 3.05) is 6.61 Å². The van der Waals surface area contributed by atoms with Crippen molar-refractivity contribution in [3.05, 3.63) is 0 Å². The van der Waals surface area contributed by atoms with Crippen LogP contribution in [-0.2, 0) is 33.3 Å². The lowest BCUT2D eigenvalue weighted by Crippen LogP contribution is -2.57. The van der Waals surface area contributed by atoms with Crippen molar-refractivity contribution >= 4 is 17.9 Å². The molecule has 8 heteroatoms. The van der Waals surface area contributed by atoms with E-state index in [4.69, 9.17) is 18.9 Å². The molecular weight excluding hydrogens is 284 g/mol. The molecule has 1 unspecified atom stereocenters. The Morgan fingerprint density at radius 1 is 1.05 bits per heavy atom. The Kier molecular flexibility index (Phi) is 6.10. The molecule has 0 spiro atoms. The molecule has 120 valence electrons. The third-order valence-corrected chi connectivity index (χ3v) is 3.06. The monoisotopic (exact) mass is 304 g/mol. The number of carbonyl (C=O) groups excluding carboxylic acids is 3. The molecule has 0 saturated carbocycles. The largest absolute Gasteiger partial charge is 0.463 e. The van der Waals surface area contributed by atoms with Crippen LogP contribution in [0.1, 0.15) is 27.7 Å². The Bertz CT molecular complexity index is 407. The van der Waals surface area contributed by atoms with Crippen molar-refractivity contribution in [1.82, 2.24) is 0 Å². The maximum atomic E-state index is 11.1. The van der Waals surface area contributed by atoms with E-state index in [2.05, 4.69) is 0 Å². The van der Waals surface area contributed by atoms with Gasteiger partial charge in [0.05, 0.1) is 0 Å². The molecule has 0 aromatic carbocycles. The first-order valence-corrected chi connectivity index (χ1v) is 6.53. The molecule has 1 N–H and O–H groups in total. The number of aliphatic hydroxyl groups excluding tert-OH is 1. The van der Waals surface area contributed by atoms with Gasteiger partial charge in [-0.2, -0.15) is 0 Å². The van der Waals surface area contributed by atoms with Gasteiger partial charge in [0.2, 0.25) is 6.29 Å². The Hall–Kier alpha value is -1.67. The van der Waals surface area contributed by atoms with E-state index in [-0.39, 0.29) is 6.61 Å². The van der Waals surface area contributed by atoms with E-state index in [1.807, 2.05) is 0 Å². The minimum Gasteiger partial charge on any atom is -0.463 e. The highest BCUT2D eigenvalue weighted by atomic mass is 16.7. The lowest BCUT2D eigenvalue weighted by atomic mass is 9.90. The van der Waals surface area contributed by atoms with Gasteiger partial charge in [0.25, 0.3) is 0 Å². The molecule has 0 aromatic heterocycles. The summed E-state index contributed by atoms with van der Waals surface area (Å²) in [5.41, 5.74) is 0. The van der Waals surface area contributed by atoms with Crippen molar-refractivity contribution < 1.29 is 38.4 Å². The van der Waals surface area contributed by atoms with Crippen molar-refractivity contribution in [1.29, 1.82) is 0 Å². The summed E-state index contributed by atoms with van der Waals surface area (Å²) in [6.45, 7) is 5.19. The second-order valence-corrected chi connectivity index (χ2v) is 4.88. The molecule has 0 aromatic rings. The zero-order chi connectivity index (χ0) is 16.2. The van der Waals surface area contributed by atoms with Gasteiger partial charge in [-0.3, -0.25) is 14.4 Å². The van der Waals surface area contributed by atoms with Gasteiger partial charge in [0.1, 0.15) is 18.8 Å². The molecule has 8 nitrogen and oxygen atoms in total. The fourth-order valence-corrected chi connectivity index (χ4v) is 2.07. The maximum Gasteiger partial charge on any atom is 0.305 e. The van der Waals surface area contributed by atoms with Crippen LogP contribution in [0, 0.1) is 5.92 Å². The second kappa shape index (κ2) is 7.37. The fourth-order valence-electron chi connectivity index (χ4n) is 2.07. The number of aliphatic hydroxyl groups is 1. The van der Waals surface area contributed by atoms with E-state index >= 15 is 0 Å². The SMILES string of the molecule is CC(=O)OC[C@@H]1OC(OC(C)=O)[C@@H](O)[C@@H](OC(C)=O)[C@@H]1C. The molecule has 1 saturated heterocycles. The normalized spacial score (nSPS) is 32.1. The highest BCUT2D eigenvalue weighted by molar-refractivity contribution is 5.67. The lowest BCUT2D eigenvalue weighted by Gasteiger charge is -2.41. The Morgan fingerprint density at radius 3 is 2.10 bits per heavy atom. The maximum absolute atomic E-state index is 11.1. The number of ether oxygens (including phenoxy) is 4. The lowest BCUT2D eigenvalue weighted by molar-refractivity contribution is -0.282. The summed E-state index contributed by atoms with van der Waals surface area (Å²) in [5.74, 6) is -2.18. The summed E-state index contributed by atoms with van der Waals surface area (Å²) in [5, 5.41) is 10.1. The van der Waals surface area contributed by atoms with Crippen molar-refractivity contribution in [3.8, 4) is 0 Å². The summed E-state index contributed by atoms with van der Waals surface area (Å²) < 4.78 is 20.2. The molecule has 5 atom stereocenters. The number of carbonyl (C=O) groups is 3. The first-order chi connectivity index (χ1) is 9.72. The van der Waals surface area contributed by atoms with Gasteiger partial charge in [-0.15, -0.1) is 0 Å². The molecule has 21 heavy (non-hydrogen) atoms. The van der Waals surface area contributed by atoms with Crippen LogP contribution >= 0.6 is 0 Å². The number of hydrogen-bond acceptors (Lipinski definition) is 8. The summed E-state index contributed by atoms with van der Waals surface area (Å²) in [6.07, 6.45) is -4.21. The average Bonchev–Trinajstić information content (AvgIpc) is 2.35. The summed E-state index contributed by atoms with van der Waals surface area (Å²) in [6, 6.07) is 0. The van der Waals surface area contributed by atoms with E-state index < -0.39 is 48.4 Å². The highest BCUT2D eigenvalue weighted by Crippen LogP contribution is 2.29. The van der Waals surface area contributed by atoms with Crippen LogP contribution in [0.15, 0.2) is 0 Å². The van der Waals surface area contributed by atoms with Crippen LogP contribution in [0.3, 0.4) is 0 Å². The van der Waals surface area contributed by atoms with Crippen LogP contribution in [-0.4, -0.2) is 54.2 Å². The fraction of sp³-hybridized carbons (Fsp3) is 0.769. The zero-order valence-corrected chi connectivity index (χ0v) is 12.4. The Morgan fingerprint density at radius 2 is 1.62 bits per heavy atom. The van der Waals surface area contributed by atoms with E-state index in [0.717, 1.165) is 6.92 Å². The molecule has 0 bridgehead atoms. The van der Waals surface area contributed by atoms with Crippen LogP contribution in [0.4, 0.5) is 0 Å². The minimum atomic E-state index is -1.32. The number of esters is 3. The topological polar surface area (TPSA) is 108 Å². The third kappa shape index (κ3) is 4.98. The van der Waals surface area contributed by atoms with Gasteiger partial charge in [-0.05, 0) is 0 Å². The van der Waals surface area contributed by atoms with Gasteiger partial charge in [0.15, 0.2) is 6.10 Å². The van der Waals surface area contributed by atoms with Crippen LogP contribution in [0.25, 0.3) is 0 Å². The molecule has 0 amide bonds. The summed E-state index contributed by atoms with van der Waals surface area (Å²) in [7, 11) is 0. The zero-order valence-electron chi connectivity index (χ0n) is 12.4. The average molecular weight is 304 g/mol. The van der Waals surface area contributed by atoms with Crippen molar-refractivity contribution in [2.45, 2.75) is 52.3 Å². The Balaban J connectivity index is 2.86. The summed E-state index contributed by atoms with van der Waals surface area (Å²) >= 11 is 0. The third-order valence-electron chi connectivity index (χ3n) is 3.06. The molecule has 1 aliphatic rings. The standard InChI is InChI=1S/C13H20O8/c1-6-10(5-18-7(2)14)21-13(20-9(4)16)11(17)12(6)19-8(3)15/h6,10-13,17H,5H2,1-4H3/t6-,10+,11+,12+,13?/m1/s1. The first-order valence-electron chi connectivity index (χ1n) is 6.53. The van der Waals surface area contributed by atoms with Crippen molar-refractivity contribution in [3.63, 3.8) is 0 Å². The molecule has 1 aliphatic heterocycles. The van der Waals surface area contributed by atoms with E-state index in [1.165, 1.54) is 13.8 Å². The van der Waals surface area contributed by atoms with Gasteiger partial charge >= 0.3 is 17.9 Å². The molecule has 1 heterocycles. The minimum absolute atomic E-state index is 0.0985. The predicted octanol–water partition coefficient (Wildman–Crippen LogP) is -0.234. The smallest absolute Gasteiger partial charge is 0.305 e. The van der Waals surface area contributed by atoms with Crippen LogP contribution < -0.4 is 0 Å².